The summed E-state index contributed by atoms with van der Waals surface area (Å²) >= 11 is 0. The Kier molecular flexibility index (Phi) is 124000000. The summed E-state index contributed by atoms with van der Waals surface area (Å²) in [5.74, 6) is 0. The van der Waals surface area contributed by atoms with E-state index in [0.29, 0.717) is 0 Å². The molecule has 0 radical (unpaired) electrons. The molecule has 0 aliphatic rings. The molecule has 0 rings (SSSR count). The van der Waals surface area contributed by atoms with Crippen molar-refractivity contribution in [1.82, 2.24) is 36.9 Å². The molecular weight excluding hydrogens is 688 g/mol. The summed E-state index contributed by atoms with van der Waals surface area (Å²) in [6, 6.07) is 0. The van der Waals surface area contributed by atoms with E-state index in [1.165, 1.54) is 0 Å². The molecule has 0 amide bonds. The second kappa shape index (κ2) is 79500. The first-order valence-electron chi connectivity index (χ1n) is 0. The van der Waals surface area contributed by atoms with Crippen LogP contribution in [-0.2, 0) is 0 Å². The standard InChI is InChI=1S/47CH4.K.6H3N.5H2.H/h47*1H4;;6*1H3;5*1H;/q;;;;;;;;;;;;;;;;;;;;;;;;;;;;;;;;;;;;;;;;;;;;;;;+1;;;;;;;;;;;;-1/i;;;;;;;;;;;;;;;;;;;;;;;;;;;;;;;;;;;;;;;;;;;;;;;;;;;;;;2*1+2;3*1+1;. The van der Waals surface area contributed by atoms with Gasteiger partial charge in [0.1, 0.15) is 0 Å². The summed E-state index contributed by atoms with van der Waals surface area (Å²) in [6.07, 6.45) is 0. The molecule has 6 nitrogen and oxygen atoms in total. The van der Waals surface area contributed by atoms with Crippen LogP contribution in [0.5, 0.6) is 0 Å². The molecule has 0 heterocycles. The largest absolute Gasteiger partial charge is 1.00 e. The molecule has 0 aromatic heterocycles. The summed E-state index contributed by atoms with van der Waals surface area (Å²) in [4.78, 5) is 0. The first kappa shape index (κ1) is 84100. The SMILES string of the molecule is C.C.C.C.C.C.C.C.C.C.C.C.C.C.C.C.C.C.C.C.C.C.C.C.C.C.C.C.C.C.C.C.C.C.C.C.C.C.C.C.C.C.C.C.C.C.C.N.N.N.N.N.N.[2HH].[2HH].[2HH].[3HH].[3HH].[H-].[K+]. The fourth-order valence-electron chi connectivity index (χ4n) is 0. The van der Waals surface area contributed by atoms with Gasteiger partial charge in [0, 0.05) is 7.13 Å². The van der Waals surface area contributed by atoms with E-state index in [0.717, 1.165) is 0 Å². The van der Waals surface area contributed by atoms with Gasteiger partial charge in [0.15, 0.2) is 0 Å². The van der Waals surface area contributed by atoms with Crippen LogP contribution < -0.4 is 88.3 Å². The minimum absolute atomic E-state index is 0. The monoisotopic (exact) mass is 913 g/mol. The van der Waals surface area contributed by atoms with E-state index < -0.39 is 0 Å². The predicted molar refractivity (Wildman–Crippen MR) is 358 cm³/mol. The smallest absolute Gasteiger partial charge is 1.00 e. The quantitative estimate of drug-likeness (QED) is 0.130. The molecule has 436 valence electrons. The van der Waals surface area contributed by atoms with Gasteiger partial charge >= 0.3 is 51.4 Å². The van der Waals surface area contributed by atoms with E-state index in [2.05, 4.69) is 0 Å². The number of hydrogen-bond donors (Lipinski definition) is 6. The first-order chi connectivity index (χ1) is 0. The van der Waals surface area contributed by atoms with Crippen molar-refractivity contribution < 1.29 is 59.9 Å². The van der Waals surface area contributed by atoms with Crippen molar-refractivity contribution in [3.63, 3.8) is 0 Å². The van der Waals surface area contributed by atoms with Crippen LogP contribution >= 0.6 is 0 Å². The zero-order chi connectivity index (χ0) is 0. The van der Waals surface area contributed by atoms with Crippen molar-refractivity contribution >= 4 is 0 Å². The van der Waals surface area contributed by atoms with E-state index in [9.17, 15) is 0 Å². The maximum absolute atomic E-state index is 0. The van der Waals surface area contributed by atoms with Gasteiger partial charge in [0.05, 0.1) is 0 Å². The molecule has 54 heavy (non-hydrogen) atoms. The molecule has 0 fully saturated rings. The second-order valence-electron chi connectivity index (χ2n) is 0. The van der Waals surface area contributed by atoms with Gasteiger partial charge in [-0.25, -0.2) is 0 Å². The van der Waals surface area contributed by atoms with Crippen molar-refractivity contribution in [2.24, 2.45) is 0 Å². The van der Waals surface area contributed by atoms with Crippen LogP contribution in [0.25, 0.3) is 0 Å². The van der Waals surface area contributed by atoms with Crippen LogP contribution in [0.15, 0.2) is 0 Å². The van der Waals surface area contributed by atoms with Crippen molar-refractivity contribution in [1.29, 1.82) is 0 Å². The Balaban J connectivity index is 0. The third-order valence-electron chi connectivity index (χ3n) is 0. The van der Waals surface area contributed by atoms with Crippen molar-refractivity contribution in [3.05, 3.63) is 0 Å². The van der Waals surface area contributed by atoms with Gasteiger partial charge in [-0.1, -0.05) is 349 Å². The van der Waals surface area contributed by atoms with Crippen molar-refractivity contribution in [2.75, 3.05) is 0 Å². The zero-order valence-corrected chi connectivity index (χ0v) is 8.37. The van der Waals surface area contributed by atoms with Crippen LogP contribution in [0.2, 0.25) is 0 Å². The molecule has 18 N–H and O–H groups in total. The van der Waals surface area contributed by atoms with E-state index >= 15 is 0 Å². The van der Waals surface area contributed by atoms with Gasteiger partial charge in [0.25, 0.3) is 0 Å². The van der Waals surface area contributed by atoms with Crippen LogP contribution in [-0.4, -0.2) is 0 Å². The molecule has 0 aromatic carbocycles. The third-order valence-corrected chi connectivity index (χ3v) is 0. The van der Waals surface area contributed by atoms with E-state index in [4.69, 9.17) is 0 Å². The Labute approximate surface area is 442 Å². The van der Waals surface area contributed by atoms with Gasteiger partial charge in [-0.2, -0.15) is 0 Å². The molecular formula is C47H217KN6. The van der Waals surface area contributed by atoms with Gasteiger partial charge < -0.3 is 38.3 Å². The van der Waals surface area contributed by atoms with Crippen LogP contribution in [0, 0.1) is 0 Å². The summed E-state index contributed by atoms with van der Waals surface area (Å²) in [7, 11) is 0. The molecule has 0 saturated heterocycles. The van der Waals surface area contributed by atoms with Crippen LogP contribution in [0.3, 0.4) is 0 Å². The normalized spacial score (nSPS) is 0. The summed E-state index contributed by atoms with van der Waals surface area (Å²) in [6.45, 7) is 0. The summed E-state index contributed by atoms with van der Waals surface area (Å²) in [5, 5.41) is 0. The molecule has 0 bridgehead atoms. The van der Waals surface area contributed by atoms with Crippen LogP contribution in [0.4, 0.5) is 0 Å². The average molecular weight is 913 g/mol. The molecule has 0 aliphatic heterocycles. The number of rotatable bonds is 0. The maximum atomic E-state index is 0. The van der Waals surface area contributed by atoms with Gasteiger partial charge in [-0.05, 0) is 0 Å². The molecule has 0 aliphatic carbocycles. The Bertz CT molecular complexity index is 62.3. The van der Waals surface area contributed by atoms with Gasteiger partial charge in [0.2, 0.25) is 0 Å². The molecule has 0 aromatic rings. The van der Waals surface area contributed by atoms with Gasteiger partial charge in [-0.15, -0.1) is 0 Å². The first-order valence-corrected chi connectivity index (χ1v) is 0. The minimum atomic E-state index is 0. The fourth-order valence-corrected chi connectivity index (χ4v) is 0. The molecule has 0 spiro atoms. The Morgan fingerprint density at radius 1 is 0.111 bits per heavy atom. The second-order valence-corrected chi connectivity index (χ2v) is 0. The molecule has 0 saturated carbocycles. The topological polar surface area (TPSA) is 210 Å². The Hall–Kier alpha value is 1.40. The zero-order valence-electron chi connectivity index (χ0n) is 6.24. The Morgan fingerprint density at radius 3 is 0.111 bits per heavy atom. The van der Waals surface area contributed by atoms with Crippen molar-refractivity contribution in [2.45, 2.75) is 349 Å². The summed E-state index contributed by atoms with van der Waals surface area (Å²) in [5.41, 5.74) is 0. The van der Waals surface area contributed by atoms with E-state index in [1.54, 1.807) is 0 Å². The van der Waals surface area contributed by atoms with Crippen LogP contribution in [0.1, 0.15) is 358 Å². The average Bonchev–Trinajstić information content (AvgIpc) is 0. The molecule has 0 unspecified atom stereocenters. The molecule has 7 heteroatoms. The van der Waals surface area contributed by atoms with E-state index in [-0.39, 0.29) is 446 Å². The molecule has 0 atom stereocenters. The Morgan fingerprint density at radius 2 is 0.111 bits per heavy atom. The van der Waals surface area contributed by atoms with Crippen molar-refractivity contribution in [3.8, 4) is 0 Å². The predicted octanol–water partition coefficient (Wildman–Crippen LogP) is 29.2. The number of hydrogen-bond acceptors (Lipinski definition) is 6. The van der Waals surface area contributed by atoms with E-state index in [1.807, 2.05) is 0 Å². The summed E-state index contributed by atoms with van der Waals surface area (Å²) < 4.78 is 0. The minimum Gasteiger partial charge on any atom is -1.00 e. The van der Waals surface area contributed by atoms with Gasteiger partial charge in [-0.3, -0.25) is 0 Å². The fraction of sp³-hybridized carbons (Fsp3) is 1.00. The third kappa shape index (κ3) is 75200. The maximum Gasteiger partial charge on any atom is 1.00 e.